The van der Waals surface area contributed by atoms with Crippen molar-refractivity contribution in [1.82, 2.24) is 0 Å². The minimum absolute atomic E-state index is 0.399. The monoisotopic (exact) mass is 236 g/mol. The Hall–Kier alpha value is 0.860. The van der Waals surface area contributed by atoms with Crippen molar-refractivity contribution in [2.75, 3.05) is 12.3 Å². The van der Waals surface area contributed by atoms with E-state index in [9.17, 15) is 0 Å². The molecule has 0 saturated carbocycles. The average Bonchev–Trinajstić information content (AvgIpc) is 2.21. The fourth-order valence-corrected chi connectivity index (χ4v) is 5.35. The maximum atomic E-state index is 2.35. The van der Waals surface area contributed by atoms with Gasteiger partial charge in [0, 0.05) is 0 Å². The van der Waals surface area contributed by atoms with Crippen molar-refractivity contribution in [3.8, 4) is 0 Å². The van der Waals surface area contributed by atoms with Crippen molar-refractivity contribution >= 4 is 16.5 Å². The van der Waals surface area contributed by atoms with E-state index < -0.39 is 0 Å². The zero-order valence-electron chi connectivity index (χ0n) is 10.3. The van der Waals surface area contributed by atoms with Crippen molar-refractivity contribution < 1.29 is 0 Å². The molecule has 14 heavy (non-hydrogen) atoms. The molecule has 88 valence electrons. The first-order valence-electron chi connectivity index (χ1n) is 6.62. The summed E-state index contributed by atoms with van der Waals surface area (Å²) in [5, 5.41) is 0. The molecule has 0 spiro atoms. The molecule has 0 N–H and O–H groups in total. The summed E-state index contributed by atoms with van der Waals surface area (Å²) in [5.41, 5.74) is 0. The fraction of sp³-hybridized carbons (Fsp3) is 1.00. The van der Waals surface area contributed by atoms with Gasteiger partial charge in [0.1, 0.15) is 0 Å². The van der Waals surface area contributed by atoms with Crippen LogP contribution in [0.3, 0.4) is 0 Å². The van der Waals surface area contributed by atoms with Crippen LogP contribution in [-0.4, -0.2) is 12.3 Å². The molecule has 0 aliphatic heterocycles. The van der Waals surface area contributed by atoms with Crippen LogP contribution in [0, 0.1) is 0 Å². The summed E-state index contributed by atoms with van der Waals surface area (Å²) in [5.74, 6) is 0. The molecule has 0 aromatic carbocycles. The second kappa shape index (κ2) is 13.9. The number of hydrogen-bond acceptors (Lipinski definition) is 0. The third kappa shape index (κ3) is 12.9. The molecule has 0 radical (unpaired) electrons. The molecule has 0 aliphatic rings. The molecule has 0 rings (SSSR count). The molecule has 1 atom stereocenters. The normalized spacial score (nSPS) is 11.9. The number of unbranched alkanes of at least 4 members (excludes halogenated alkanes) is 7. The summed E-state index contributed by atoms with van der Waals surface area (Å²) in [7, 11) is 1.78. The van der Waals surface area contributed by atoms with Crippen LogP contribution >= 0.6 is 16.5 Å². The summed E-state index contributed by atoms with van der Waals surface area (Å²) >= 11 is 0. The van der Waals surface area contributed by atoms with Crippen LogP contribution in [-0.2, 0) is 0 Å². The Morgan fingerprint density at radius 1 is 0.786 bits per heavy atom. The number of hydrogen-bond donors (Lipinski definition) is 0. The number of rotatable bonds is 11. The van der Waals surface area contributed by atoms with Gasteiger partial charge < -0.3 is 0 Å². The Morgan fingerprint density at radius 3 is 1.93 bits per heavy atom. The molecular weight excluding hydrogens is 206 g/mol. The quantitative estimate of drug-likeness (QED) is 0.354. The fourth-order valence-electron chi connectivity index (χ4n) is 1.69. The standard InChI is InChI=1S/C12H30P2/c1-3-5-6-7-8-9-10-11-12-14-13-4-2/h14H,3-12H2,1-2,13H3. The van der Waals surface area contributed by atoms with E-state index in [0.29, 0.717) is 8.27 Å². The van der Waals surface area contributed by atoms with E-state index in [1.54, 1.807) is 6.16 Å². The van der Waals surface area contributed by atoms with E-state index >= 15 is 0 Å². The van der Waals surface area contributed by atoms with Crippen LogP contribution in [0.25, 0.3) is 0 Å². The maximum absolute atomic E-state index is 2.35. The topological polar surface area (TPSA) is 0 Å². The third-order valence-electron chi connectivity index (χ3n) is 2.63. The van der Waals surface area contributed by atoms with Crippen molar-refractivity contribution in [3.63, 3.8) is 0 Å². The van der Waals surface area contributed by atoms with E-state index in [0.717, 1.165) is 0 Å². The Balaban J connectivity index is 2.78. The van der Waals surface area contributed by atoms with Crippen molar-refractivity contribution in [3.05, 3.63) is 0 Å². The van der Waals surface area contributed by atoms with Gasteiger partial charge in [-0.2, -0.15) is 0 Å². The van der Waals surface area contributed by atoms with E-state index in [4.69, 9.17) is 0 Å². The SMILES string of the molecule is CCCCCCCCCCP[PH3]CC. The van der Waals surface area contributed by atoms with Crippen molar-refractivity contribution in [2.24, 2.45) is 0 Å². The molecule has 0 aromatic rings. The molecule has 1 unspecified atom stereocenters. The Morgan fingerprint density at radius 2 is 1.36 bits per heavy atom. The van der Waals surface area contributed by atoms with Crippen LogP contribution in [0.4, 0.5) is 0 Å². The molecule has 0 nitrogen and oxygen atoms in total. The van der Waals surface area contributed by atoms with E-state index in [1.807, 2.05) is 0 Å². The first kappa shape index (κ1) is 14.9. The molecule has 0 amide bonds. The van der Waals surface area contributed by atoms with Gasteiger partial charge in [0.15, 0.2) is 0 Å². The van der Waals surface area contributed by atoms with Gasteiger partial charge in [-0.1, -0.05) is 0 Å². The van der Waals surface area contributed by atoms with Gasteiger partial charge in [-0.15, -0.1) is 0 Å². The Kier molecular flexibility index (Phi) is 14.7. The van der Waals surface area contributed by atoms with Crippen LogP contribution in [0.1, 0.15) is 65.2 Å². The van der Waals surface area contributed by atoms with Gasteiger partial charge in [0.25, 0.3) is 0 Å². The first-order chi connectivity index (χ1) is 6.91. The van der Waals surface area contributed by atoms with Gasteiger partial charge in [-0.05, 0) is 0 Å². The van der Waals surface area contributed by atoms with Gasteiger partial charge in [-0.3, -0.25) is 0 Å². The van der Waals surface area contributed by atoms with Gasteiger partial charge >= 0.3 is 94.1 Å². The first-order valence-corrected chi connectivity index (χ1v) is 11.2. The average molecular weight is 236 g/mol. The summed E-state index contributed by atoms with van der Waals surface area (Å²) in [6, 6.07) is 0. The second-order valence-electron chi connectivity index (χ2n) is 4.22. The predicted octanol–water partition coefficient (Wildman–Crippen LogP) is 4.88. The van der Waals surface area contributed by atoms with E-state index in [2.05, 4.69) is 13.8 Å². The molecular formula is C12H30P2. The molecule has 0 bridgehead atoms. The minimum atomic E-state index is 0.399. The van der Waals surface area contributed by atoms with Gasteiger partial charge in [-0.25, -0.2) is 0 Å². The van der Waals surface area contributed by atoms with E-state index in [-0.39, 0.29) is 0 Å². The molecule has 0 saturated heterocycles. The zero-order chi connectivity index (χ0) is 10.5. The van der Waals surface area contributed by atoms with Crippen LogP contribution in [0.2, 0.25) is 0 Å². The molecule has 0 fully saturated rings. The van der Waals surface area contributed by atoms with Crippen molar-refractivity contribution in [2.45, 2.75) is 65.2 Å². The molecule has 2 heteroatoms. The van der Waals surface area contributed by atoms with Crippen LogP contribution in [0.15, 0.2) is 0 Å². The Labute approximate surface area is 94.5 Å². The van der Waals surface area contributed by atoms with Gasteiger partial charge in [0.2, 0.25) is 0 Å². The summed E-state index contributed by atoms with van der Waals surface area (Å²) < 4.78 is 0. The summed E-state index contributed by atoms with van der Waals surface area (Å²) in [6.07, 6.45) is 14.9. The van der Waals surface area contributed by atoms with Crippen molar-refractivity contribution in [1.29, 1.82) is 0 Å². The van der Waals surface area contributed by atoms with Gasteiger partial charge in [0.05, 0.1) is 0 Å². The Bertz CT molecular complexity index is 82.3. The van der Waals surface area contributed by atoms with Crippen LogP contribution < -0.4 is 0 Å². The third-order valence-corrected chi connectivity index (χ3v) is 7.82. The zero-order valence-corrected chi connectivity index (χ0v) is 12.7. The predicted molar refractivity (Wildman–Crippen MR) is 77.4 cm³/mol. The molecule has 0 aliphatic carbocycles. The van der Waals surface area contributed by atoms with E-state index in [1.165, 1.54) is 65.8 Å². The molecule has 0 heterocycles. The van der Waals surface area contributed by atoms with Crippen LogP contribution in [0.5, 0.6) is 0 Å². The summed E-state index contributed by atoms with van der Waals surface area (Å²) in [6.45, 7) is 4.64. The molecule has 0 aromatic heterocycles. The summed E-state index contributed by atoms with van der Waals surface area (Å²) in [4.78, 5) is 0. The second-order valence-corrected chi connectivity index (χ2v) is 9.72.